The van der Waals surface area contributed by atoms with Crippen LogP contribution in [0.15, 0.2) is 0 Å². The number of rotatable bonds is 3. The first-order valence-electron chi connectivity index (χ1n) is 4.74. The van der Waals surface area contributed by atoms with Crippen molar-refractivity contribution in [1.82, 2.24) is 4.90 Å². The Kier molecular flexibility index (Phi) is 3.42. The van der Waals surface area contributed by atoms with Gasteiger partial charge < -0.3 is 14.3 Å². The summed E-state index contributed by atoms with van der Waals surface area (Å²) in [6, 6.07) is 0. The van der Waals surface area contributed by atoms with E-state index in [0.29, 0.717) is 19.0 Å². The van der Waals surface area contributed by atoms with E-state index in [1.807, 2.05) is 0 Å². The number of nitrogens with zero attached hydrogens (tertiary/aromatic N) is 1. The molecule has 1 rings (SSSR count). The van der Waals surface area contributed by atoms with Crippen LogP contribution in [0.5, 0.6) is 0 Å². The second kappa shape index (κ2) is 4.21. The first kappa shape index (κ1) is 11.4. The van der Waals surface area contributed by atoms with Crippen LogP contribution in [0.25, 0.3) is 0 Å². The van der Waals surface area contributed by atoms with Crippen molar-refractivity contribution in [2.45, 2.75) is 25.9 Å². The van der Waals surface area contributed by atoms with E-state index in [1.54, 1.807) is 4.90 Å². The molecule has 2 radical (unpaired) electrons. The van der Waals surface area contributed by atoms with Gasteiger partial charge in [0.15, 0.2) is 0 Å². The Morgan fingerprint density at radius 1 is 1.57 bits per heavy atom. The number of ether oxygens (including phenoxy) is 1. The highest BCUT2D eigenvalue weighted by molar-refractivity contribution is 5.98. The van der Waals surface area contributed by atoms with E-state index in [1.165, 1.54) is 7.11 Å². The number of hydrogen-bond acceptors (Lipinski definition) is 3. The van der Waals surface area contributed by atoms with E-state index in [4.69, 9.17) is 12.7 Å². The van der Waals surface area contributed by atoms with Crippen LogP contribution in [0.4, 0.5) is 4.79 Å². The molecule has 0 spiro atoms. The highest BCUT2D eigenvalue weighted by atomic mass is 16.5. The van der Waals surface area contributed by atoms with Gasteiger partial charge in [0.05, 0.1) is 25.8 Å². The third kappa shape index (κ3) is 2.21. The molecule has 0 aromatic carbocycles. The summed E-state index contributed by atoms with van der Waals surface area (Å²) < 4.78 is 9.55. The van der Waals surface area contributed by atoms with Crippen LogP contribution >= 0.6 is 0 Å². The Balaban J connectivity index is 2.44. The average Bonchev–Trinajstić information content (AvgIpc) is 2.09. The first-order valence-corrected chi connectivity index (χ1v) is 4.74. The fraction of sp³-hybridized carbons (Fsp3) is 0.889. The topological polar surface area (TPSA) is 38.8 Å². The van der Waals surface area contributed by atoms with Gasteiger partial charge in [-0.05, 0) is 12.3 Å². The van der Waals surface area contributed by atoms with Crippen LogP contribution in [0, 0.1) is 5.92 Å². The number of amides is 1. The third-order valence-electron chi connectivity index (χ3n) is 2.42. The van der Waals surface area contributed by atoms with Crippen LogP contribution in [0.1, 0.15) is 20.3 Å². The molecular weight excluding hydrogens is 181 g/mol. The minimum absolute atomic E-state index is 0.318. The van der Waals surface area contributed by atoms with Crippen molar-refractivity contribution in [2.75, 3.05) is 20.2 Å². The maximum atomic E-state index is 11.1. The molecule has 5 heteroatoms. The minimum Gasteiger partial charge on any atom is -0.453 e. The molecule has 0 aromatic rings. The monoisotopic (exact) mass is 197 g/mol. The molecule has 14 heavy (non-hydrogen) atoms. The highest BCUT2D eigenvalue weighted by Crippen LogP contribution is 2.31. The lowest BCUT2D eigenvalue weighted by molar-refractivity contribution is -0.0748. The molecule has 1 aliphatic rings. The molecule has 0 bridgehead atoms. The van der Waals surface area contributed by atoms with Gasteiger partial charge in [-0.15, -0.1) is 0 Å². The Bertz CT molecular complexity index is 214. The van der Waals surface area contributed by atoms with Gasteiger partial charge in [-0.1, -0.05) is 13.8 Å². The van der Waals surface area contributed by atoms with Gasteiger partial charge in [0.25, 0.3) is 8.05 Å². The quantitative estimate of drug-likeness (QED) is 0.632. The molecule has 0 aliphatic carbocycles. The summed E-state index contributed by atoms with van der Waals surface area (Å²) in [5, 5.41) is 0. The van der Waals surface area contributed by atoms with Crippen molar-refractivity contribution in [3.05, 3.63) is 0 Å². The molecule has 1 saturated heterocycles. The van der Waals surface area contributed by atoms with Crippen molar-refractivity contribution in [3.63, 3.8) is 0 Å². The minimum atomic E-state index is -0.359. The number of carbonyl (C=O) groups is 1. The molecule has 1 amide bonds. The normalized spacial score (nSPS) is 19.3. The maximum Gasteiger partial charge on any atom is 0.409 e. The fourth-order valence-electron chi connectivity index (χ4n) is 1.90. The van der Waals surface area contributed by atoms with E-state index < -0.39 is 0 Å². The molecule has 0 unspecified atom stereocenters. The maximum absolute atomic E-state index is 11.1. The van der Waals surface area contributed by atoms with Crippen molar-refractivity contribution >= 4 is 14.1 Å². The standard InChI is InChI=1S/C9H16BNO3/c1-7(2)4-9(14-10)5-11(6-9)8(12)13-3/h7H,4-6H2,1-3H3. The molecule has 0 N–H and O–H groups in total. The van der Waals surface area contributed by atoms with Gasteiger partial charge in [-0.25, -0.2) is 4.79 Å². The van der Waals surface area contributed by atoms with Crippen molar-refractivity contribution < 1.29 is 14.2 Å². The molecule has 1 fully saturated rings. The molecule has 0 atom stereocenters. The Morgan fingerprint density at radius 3 is 2.50 bits per heavy atom. The van der Waals surface area contributed by atoms with Crippen LogP contribution in [0.2, 0.25) is 0 Å². The lowest BCUT2D eigenvalue weighted by Gasteiger charge is -2.49. The summed E-state index contributed by atoms with van der Waals surface area (Å²) in [5.41, 5.74) is -0.359. The zero-order valence-electron chi connectivity index (χ0n) is 8.95. The Morgan fingerprint density at radius 2 is 2.14 bits per heavy atom. The Hall–Kier alpha value is -0.705. The number of hydrogen-bond donors (Lipinski definition) is 0. The highest BCUT2D eigenvalue weighted by Gasteiger charge is 2.45. The molecule has 0 aromatic heterocycles. The van der Waals surface area contributed by atoms with E-state index >= 15 is 0 Å². The lowest BCUT2D eigenvalue weighted by atomic mass is 9.85. The smallest absolute Gasteiger partial charge is 0.409 e. The molecular formula is C9H16BNO3. The van der Waals surface area contributed by atoms with Crippen molar-refractivity contribution in [3.8, 4) is 0 Å². The van der Waals surface area contributed by atoms with E-state index in [0.717, 1.165) is 6.42 Å². The summed E-state index contributed by atoms with van der Waals surface area (Å²) in [6.45, 7) is 5.24. The van der Waals surface area contributed by atoms with Crippen LogP contribution in [-0.2, 0) is 9.39 Å². The second-order valence-electron chi connectivity index (χ2n) is 4.22. The van der Waals surface area contributed by atoms with Crippen LogP contribution in [-0.4, -0.2) is 44.8 Å². The van der Waals surface area contributed by atoms with Crippen molar-refractivity contribution in [1.29, 1.82) is 0 Å². The molecule has 1 heterocycles. The summed E-state index contributed by atoms with van der Waals surface area (Å²) in [5.74, 6) is 0.498. The molecule has 4 nitrogen and oxygen atoms in total. The zero-order chi connectivity index (χ0) is 10.8. The van der Waals surface area contributed by atoms with Crippen molar-refractivity contribution in [2.24, 2.45) is 5.92 Å². The van der Waals surface area contributed by atoms with Gasteiger partial charge in [0.2, 0.25) is 0 Å². The van der Waals surface area contributed by atoms with Gasteiger partial charge in [0, 0.05) is 0 Å². The summed E-state index contributed by atoms with van der Waals surface area (Å²) in [4.78, 5) is 12.7. The van der Waals surface area contributed by atoms with Gasteiger partial charge in [-0.3, -0.25) is 0 Å². The predicted octanol–water partition coefficient (Wildman–Crippen LogP) is 0.953. The second-order valence-corrected chi connectivity index (χ2v) is 4.22. The van der Waals surface area contributed by atoms with Crippen LogP contribution in [0.3, 0.4) is 0 Å². The Labute approximate surface area is 86.0 Å². The average molecular weight is 197 g/mol. The molecule has 0 saturated carbocycles. The summed E-state index contributed by atoms with van der Waals surface area (Å²) in [6.07, 6.45) is 0.540. The number of likely N-dealkylation sites (tertiary alicyclic amines) is 1. The van der Waals surface area contributed by atoms with Crippen LogP contribution < -0.4 is 0 Å². The summed E-state index contributed by atoms with van der Waals surface area (Å²) >= 11 is 0. The first-order chi connectivity index (χ1) is 6.53. The third-order valence-corrected chi connectivity index (χ3v) is 2.42. The van der Waals surface area contributed by atoms with E-state index in [2.05, 4.69) is 18.6 Å². The predicted molar refractivity (Wildman–Crippen MR) is 53.0 cm³/mol. The molecule has 78 valence electrons. The lowest BCUT2D eigenvalue weighted by Crippen LogP contribution is -2.65. The van der Waals surface area contributed by atoms with Gasteiger partial charge in [0.1, 0.15) is 0 Å². The molecule has 1 aliphatic heterocycles. The summed E-state index contributed by atoms with van der Waals surface area (Å²) in [7, 11) is 6.61. The van der Waals surface area contributed by atoms with Gasteiger partial charge in [-0.2, -0.15) is 0 Å². The fourth-order valence-corrected chi connectivity index (χ4v) is 1.90. The number of carbonyl (C=O) groups excluding carboxylic acids is 1. The van der Waals surface area contributed by atoms with E-state index in [9.17, 15) is 4.79 Å². The zero-order valence-corrected chi connectivity index (χ0v) is 8.95. The van der Waals surface area contributed by atoms with E-state index in [-0.39, 0.29) is 11.7 Å². The SMILES string of the molecule is [B]OC1(CC(C)C)CN(C(=O)OC)C1. The largest absolute Gasteiger partial charge is 0.453 e. The number of methoxy groups -OCH3 is 1. The van der Waals surface area contributed by atoms with Gasteiger partial charge >= 0.3 is 6.09 Å².